The molecule has 8 rings (SSSR count). The summed E-state index contributed by atoms with van der Waals surface area (Å²) in [6, 6.07) is 26.1. The molecule has 1 fully saturated rings. The van der Waals surface area contributed by atoms with Gasteiger partial charge in [0.05, 0.1) is 12.0 Å². The van der Waals surface area contributed by atoms with E-state index in [0.29, 0.717) is 33.9 Å². The van der Waals surface area contributed by atoms with Crippen molar-refractivity contribution in [3.8, 4) is 11.5 Å². The summed E-state index contributed by atoms with van der Waals surface area (Å²) in [5.41, 5.74) is 3.69. The van der Waals surface area contributed by atoms with Crippen molar-refractivity contribution in [3.63, 3.8) is 0 Å². The average molecular weight is 555 g/mol. The molecule has 7 heteroatoms. The van der Waals surface area contributed by atoms with Gasteiger partial charge < -0.3 is 19.7 Å². The maximum atomic E-state index is 14.9. The third-order valence-corrected chi connectivity index (χ3v) is 9.05. The number of fused-ring (bicyclic) bond motifs is 7. The Bertz CT molecular complexity index is 1850. The Labute approximate surface area is 242 Å². The number of ketones is 2. The van der Waals surface area contributed by atoms with Gasteiger partial charge >= 0.3 is 0 Å². The molecule has 0 saturated carbocycles. The van der Waals surface area contributed by atoms with Crippen molar-refractivity contribution in [2.75, 3.05) is 17.0 Å². The van der Waals surface area contributed by atoms with Crippen molar-refractivity contribution in [2.45, 2.75) is 24.4 Å². The number of hydrogen-bond acceptors (Lipinski definition) is 6. The monoisotopic (exact) mass is 554 g/mol. The maximum absolute atomic E-state index is 14.9. The number of Topliss-reactive ketones (excluding diaryl/α,β-unsaturated/α-hetero) is 2. The second-order valence-corrected chi connectivity index (χ2v) is 11.2. The number of nitrogens with one attached hydrogen (secondary N) is 1. The lowest BCUT2D eigenvalue weighted by Crippen LogP contribution is -2.51. The van der Waals surface area contributed by atoms with E-state index in [1.807, 2.05) is 78.6 Å². The Morgan fingerprint density at radius 2 is 1.64 bits per heavy atom. The first-order valence-corrected chi connectivity index (χ1v) is 14.0. The number of para-hydroxylation sites is 1. The van der Waals surface area contributed by atoms with Crippen LogP contribution in [-0.2, 0) is 10.2 Å². The van der Waals surface area contributed by atoms with Crippen molar-refractivity contribution in [1.29, 1.82) is 0 Å². The van der Waals surface area contributed by atoms with Crippen molar-refractivity contribution >= 4 is 34.9 Å². The van der Waals surface area contributed by atoms with Crippen LogP contribution in [0.25, 0.3) is 6.08 Å². The van der Waals surface area contributed by atoms with Gasteiger partial charge in [0, 0.05) is 22.5 Å². The zero-order chi connectivity index (χ0) is 28.6. The molecule has 4 aromatic carbocycles. The van der Waals surface area contributed by atoms with Gasteiger partial charge in [-0.1, -0.05) is 72.3 Å². The summed E-state index contributed by atoms with van der Waals surface area (Å²) >= 11 is 0. The molecule has 0 aromatic heterocycles. The van der Waals surface area contributed by atoms with Gasteiger partial charge in [-0.15, -0.1) is 0 Å². The number of rotatable bonds is 4. The van der Waals surface area contributed by atoms with Crippen LogP contribution in [0, 0.1) is 12.8 Å². The Hall–Kier alpha value is -5.17. The number of hydrogen-bond donors (Lipinski definition) is 1. The number of carbonyl (C=O) groups is 3. The highest BCUT2D eigenvalue weighted by Crippen LogP contribution is 2.58. The molecule has 4 atom stereocenters. The minimum Gasteiger partial charge on any atom is -0.454 e. The quantitative estimate of drug-likeness (QED) is 0.332. The molecule has 4 aromatic rings. The van der Waals surface area contributed by atoms with Crippen molar-refractivity contribution in [1.82, 2.24) is 0 Å². The lowest BCUT2D eigenvalue weighted by atomic mass is 9.64. The first-order chi connectivity index (χ1) is 20.5. The van der Waals surface area contributed by atoms with E-state index in [0.717, 1.165) is 16.8 Å². The zero-order valence-electron chi connectivity index (χ0n) is 22.7. The smallest absolute Gasteiger partial charge is 0.238 e. The lowest BCUT2D eigenvalue weighted by Gasteiger charge is -2.37. The summed E-state index contributed by atoms with van der Waals surface area (Å²) in [7, 11) is 0. The number of anilines is 2. The number of amides is 1. The number of benzene rings is 4. The van der Waals surface area contributed by atoms with E-state index in [1.165, 1.54) is 0 Å². The van der Waals surface area contributed by atoms with E-state index in [2.05, 4.69) is 11.4 Å². The Balaban J connectivity index is 1.42. The summed E-state index contributed by atoms with van der Waals surface area (Å²) in [6.07, 6.45) is 4.00. The van der Waals surface area contributed by atoms with Crippen LogP contribution in [0.3, 0.4) is 0 Å². The van der Waals surface area contributed by atoms with Crippen LogP contribution >= 0.6 is 0 Å². The second-order valence-electron chi connectivity index (χ2n) is 11.2. The van der Waals surface area contributed by atoms with Gasteiger partial charge in [0.2, 0.25) is 12.7 Å². The summed E-state index contributed by atoms with van der Waals surface area (Å²) in [5.74, 6) is -0.828. The number of aryl methyl sites for hydroxylation is 1. The Morgan fingerprint density at radius 1 is 0.857 bits per heavy atom. The maximum Gasteiger partial charge on any atom is 0.238 e. The van der Waals surface area contributed by atoms with E-state index in [-0.39, 0.29) is 24.3 Å². The average Bonchev–Trinajstić information content (AvgIpc) is 3.70. The fraction of sp³-hybridized carbons (Fsp3) is 0.171. The second kappa shape index (κ2) is 8.91. The van der Waals surface area contributed by atoms with Crippen LogP contribution in [0.2, 0.25) is 0 Å². The molecular weight excluding hydrogens is 528 g/mol. The molecule has 4 heterocycles. The van der Waals surface area contributed by atoms with Gasteiger partial charge in [0.25, 0.3) is 0 Å². The predicted octanol–water partition coefficient (Wildman–Crippen LogP) is 5.58. The number of carbonyl (C=O) groups excluding carboxylic acids is 3. The molecule has 1 N–H and O–H groups in total. The molecule has 4 aliphatic heterocycles. The SMILES string of the molecule is Cc1ccc2c(c1)C=C[C@@H]1N2[C@H](C(=O)c2ccccc2)[C@@H](C(=O)c2ccc3c(c2)OCO3)[C@@]12C(=O)Nc1ccccc12. The Morgan fingerprint density at radius 3 is 2.50 bits per heavy atom. The first-order valence-electron chi connectivity index (χ1n) is 14.0. The fourth-order valence-electron chi connectivity index (χ4n) is 7.30. The minimum absolute atomic E-state index is 0.0715. The largest absolute Gasteiger partial charge is 0.454 e. The van der Waals surface area contributed by atoms with E-state index in [9.17, 15) is 14.4 Å². The zero-order valence-corrected chi connectivity index (χ0v) is 22.7. The van der Waals surface area contributed by atoms with E-state index in [4.69, 9.17) is 9.47 Å². The summed E-state index contributed by atoms with van der Waals surface area (Å²) in [5, 5.41) is 3.07. The molecule has 206 valence electrons. The molecule has 1 amide bonds. The normalized spacial score (nSPS) is 24.3. The molecule has 0 aliphatic carbocycles. The third-order valence-electron chi connectivity index (χ3n) is 9.05. The van der Waals surface area contributed by atoms with E-state index >= 15 is 0 Å². The van der Waals surface area contributed by atoms with Gasteiger partial charge in [0.1, 0.15) is 11.5 Å². The van der Waals surface area contributed by atoms with Crippen molar-refractivity contribution in [3.05, 3.63) is 125 Å². The standard InChI is InChI=1S/C35H26N2O5/c1-20-11-14-26-22(17-20)13-16-29-35(24-9-5-6-10-25(24)36-34(35)40)30(31(37(26)29)33(39)21-7-3-2-4-8-21)32(38)23-12-15-27-28(18-23)42-19-41-27/h2-18,29-31H,19H2,1H3,(H,36,40)/t29-,30-,31-,35-/m0/s1. The Kier molecular flexibility index (Phi) is 5.22. The van der Waals surface area contributed by atoms with Crippen LogP contribution < -0.4 is 19.7 Å². The molecule has 1 saturated heterocycles. The van der Waals surface area contributed by atoms with Crippen LogP contribution in [0.1, 0.15) is 37.4 Å². The minimum atomic E-state index is -1.36. The van der Waals surface area contributed by atoms with Gasteiger partial charge in [-0.25, -0.2) is 0 Å². The summed E-state index contributed by atoms with van der Waals surface area (Å²) in [6.45, 7) is 2.09. The lowest BCUT2D eigenvalue weighted by molar-refractivity contribution is -0.121. The first kappa shape index (κ1) is 24.6. The highest BCUT2D eigenvalue weighted by atomic mass is 16.7. The molecular formula is C35H26N2O5. The van der Waals surface area contributed by atoms with Gasteiger partial charge in [-0.2, -0.15) is 0 Å². The molecule has 0 unspecified atom stereocenters. The van der Waals surface area contributed by atoms with Crippen LogP contribution in [0.4, 0.5) is 11.4 Å². The summed E-state index contributed by atoms with van der Waals surface area (Å²) in [4.78, 5) is 46.1. The number of ether oxygens (including phenoxy) is 2. The van der Waals surface area contributed by atoms with Crippen LogP contribution in [-0.4, -0.2) is 36.4 Å². The van der Waals surface area contributed by atoms with Gasteiger partial charge in [0.15, 0.2) is 23.1 Å². The highest BCUT2D eigenvalue weighted by molar-refractivity contribution is 6.18. The van der Waals surface area contributed by atoms with E-state index in [1.54, 1.807) is 30.3 Å². The predicted molar refractivity (Wildman–Crippen MR) is 158 cm³/mol. The molecule has 0 radical (unpaired) electrons. The highest BCUT2D eigenvalue weighted by Gasteiger charge is 2.70. The van der Waals surface area contributed by atoms with Gasteiger partial charge in [-0.3, -0.25) is 14.4 Å². The van der Waals surface area contributed by atoms with Crippen LogP contribution in [0.15, 0.2) is 97.1 Å². The van der Waals surface area contributed by atoms with Crippen molar-refractivity contribution < 1.29 is 23.9 Å². The molecule has 4 aliphatic rings. The number of nitrogens with zero attached hydrogens (tertiary/aromatic N) is 1. The fourth-order valence-corrected chi connectivity index (χ4v) is 7.30. The van der Waals surface area contributed by atoms with Crippen LogP contribution in [0.5, 0.6) is 11.5 Å². The summed E-state index contributed by atoms with van der Waals surface area (Å²) < 4.78 is 11.1. The van der Waals surface area contributed by atoms with Crippen molar-refractivity contribution in [2.24, 2.45) is 5.92 Å². The molecule has 0 bridgehead atoms. The molecule has 1 spiro atoms. The topological polar surface area (TPSA) is 84.9 Å². The molecule has 42 heavy (non-hydrogen) atoms. The van der Waals surface area contributed by atoms with Gasteiger partial charge in [-0.05, 0) is 54.4 Å². The molecule has 7 nitrogen and oxygen atoms in total. The van der Waals surface area contributed by atoms with E-state index < -0.39 is 23.4 Å². The third kappa shape index (κ3) is 3.25.